The topological polar surface area (TPSA) is 110 Å². The van der Waals surface area contributed by atoms with Gasteiger partial charge >= 0.3 is 0 Å². The number of halogens is 1. The molecule has 6 unspecified atom stereocenters. The van der Waals surface area contributed by atoms with Gasteiger partial charge in [0, 0.05) is 49.6 Å². The maximum Gasteiger partial charge on any atom is 0.239 e. The van der Waals surface area contributed by atoms with Gasteiger partial charge in [0.2, 0.25) is 11.7 Å². The Kier molecular flexibility index (Phi) is 15.6. The molecule has 1 heterocycles. The predicted molar refractivity (Wildman–Crippen MR) is 221 cm³/mol. The number of hydrogen-bond donors (Lipinski definition) is 2. The first-order valence-electron chi connectivity index (χ1n) is 21.7. The summed E-state index contributed by atoms with van der Waals surface area (Å²) in [5.41, 5.74) is 3.26. The zero-order valence-corrected chi connectivity index (χ0v) is 34.2. The molecule has 2 N–H and O–H groups in total. The van der Waals surface area contributed by atoms with Crippen molar-refractivity contribution in [2.24, 2.45) is 28.8 Å². The molecule has 2 saturated carbocycles. The third-order valence-electron chi connectivity index (χ3n) is 12.7. The third kappa shape index (κ3) is 9.77. The van der Waals surface area contributed by atoms with Crippen LogP contribution in [-0.4, -0.2) is 71.5 Å². The molecule has 4 aliphatic rings. The Balaban J connectivity index is 1.52. The van der Waals surface area contributed by atoms with Crippen molar-refractivity contribution in [3.05, 3.63) is 83.7 Å². The summed E-state index contributed by atoms with van der Waals surface area (Å²) in [4.78, 5) is 22.5. The van der Waals surface area contributed by atoms with Gasteiger partial charge in [-0.05, 0) is 93.0 Å². The second-order valence-corrected chi connectivity index (χ2v) is 16.3. The Morgan fingerprint density at radius 1 is 1.05 bits per heavy atom. The molecule has 1 aliphatic heterocycles. The lowest BCUT2D eigenvalue weighted by atomic mass is 9.55. The minimum atomic E-state index is -1.28. The summed E-state index contributed by atoms with van der Waals surface area (Å²) >= 11 is 0. The van der Waals surface area contributed by atoms with E-state index in [1.54, 1.807) is 24.3 Å². The van der Waals surface area contributed by atoms with E-state index in [1.165, 1.54) is 31.7 Å². The number of ether oxygens (including phenoxy) is 3. The number of unbranched alkanes of at least 4 members (excludes halogenated alkanes) is 2. The first-order valence-corrected chi connectivity index (χ1v) is 21.7. The first kappa shape index (κ1) is 42.9. The van der Waals surface area contributed by atoms with Crippen molar-refractivity contribution in [3.63, 3.8) is 0 Å². The van der Waals surface area contributed by atoms with Gasteiger partial charge in [0.25, 0.3) is 0 Å². The quantitative estimate of drug-likeness (QED) is 0.0696. The lowest BCUT2D eigenvalue weighted by Gasteiger charge is -2.60. The molecule has 0 saturated heterocycles. The molecule has 6 atom stereocenters. The molecule has 2 aromatic carbocycles. The van der Waals surface area contributed by atoms with Crippen LogP contribution in [0.4, 0.5) is 4.39 Å². The van der Waals surface area contributed by atoms with E-state index < -0.39 is 11.8 Å². The van der Waals surface area contributed by atoms with Gasteiger partial charge in [0.1, 0.15) is 36.6 Å². The summed E-state index contributed by atoms with van der Waals surface area (Å²) in [6.07, 6.45) is 16.2. The summed E-state index contributed by atoms with van der Waals surface area (Å²) in [7, 11) is 0. The summed E-state index contributed by atoms with van der Waals surface area (Å²) in [5, 5.41) is 24.6. The maximum absolute atomic E-state index is 14.7. The summed E-state index contributed by atoms with van der Waals surface area (Å²) in [6.45, 7) is 9.55. The summed E-state index contributed by atoms with van der Waals surface area (Å²) in [6, 6.07) is 12.0. The van der Waals surface area contributed by atoms with Crippen LogP contribution >= 0.6 is 0 Å². The number of aliphatic hydroxyl groups is 2. The fraction of sp³-hybridized carbons (Fsp3) is 0.617. The molecule has 2 aromatic rings. The number of carbonyl (C=O) groups excluding carboxylic acids is 1. The monoisotopic (exact) mass is 788 g/mol. The number of oxime groups is 1. The number of allylic oxidation sites excluding steroid dienone is 1. The zero-order chi connectivity index (χ0) is 40.2. The van der Waals surface area contributed by atoms with Crippen molar-refractivity contribution in [2.45, 2.75) is 128 Å². The second kappa shape index (κ2) is 20.8. The van der Waals surface area contributed by atoms with Crippen LogP contribution < -0.4 is 9.47 Å². The minimum absolute atomic E-state index is 0.0733. The largest absolute Gasteiger partial charge is 0.489 e. The average molecular weight is 789 g/mol. The van der Waals surface area contributed by atoms with E-state index in [9.17, 15) is 19.4 Å². The molecule has 1 amide bonds. The molecular formula is C47H65FN2O7. The van der Waals surface area contributed by atoms with Gasteiger partial charge in [0.05, 0.1) is 18.2 Å². The highest BCUT2D eigenvalue weighted by atomic mass is 19.1. The standard InChI is InChI=1S/C47H65FN2O7/c1-4-25-50(44(53)24-21-33-15-7-8-16-33)43-31-41(49-56-6-3)38-29-34(17-11-13-26-51)37(19-12-14-27-52)45-39-30-36(54-32-35-18-9-10-20-40(35)48)22-23-42(39)57-47(43,46(38)45)55-28-5-2/h5,9-10,18,20,22-23,29-30,33-34,37,43,45-46,51-52H,2,4,6-8,11-17,19,21,24-28,31-32H2,1,3H3. The number of benzene rings is 2. The number of carbonyl (C=O) groups is 1. The van der Waals surface area contributed by atoms with Crippen LogP contribution in [-0.2, 0) is 21.0 Å². The van der Waals surface area contributed by atoms with Gasteiger partial charge in [-0.1, -0.05) is 81.0 Å². The third-order valence-corrected chi connectivity index (χ3v) is 12.7. The zero-order valence-electron chi connectivity index (χ0n) is 34.2. The average Bonchev–Trinajstić information content (AvgIpc) is 3.75. The van der Waals surface area contributed by atoms with Crippen LogP contribution in [0.3, 0.4) is 0 Å². The van der Waals surface area contributed by atoms with Gasteiger partial charge in [-0.2, -0.15) is 0 Å². The van der Waals surface area contributed by atoms with E-state index in [4.69, 9.17) is 24.2 Å². The van der Waals surface area contributed by atoms with Crippen LogP contribution in [0.25, 0.3) is 0 Å². The molecule has 9 nitrogen and oxygen atoms in total. The van der Waals surface area contributed by atoms with Crippen LogP contribution in [0, 0.1) is 29.5 Å². The van der Waals surface area contributed by atoms with Crippen molar-refractivity contribution < 1.29 is 38.4 Å². The lowest BCUT2D eigenvalue weighted by Crippen LogP contribution is -2.70. The highest BCUT2D eigenvalue weighted by molar-refractivity contribution is 6.03. The molecule has 0 aromatic heterocycles. The van der Waals surface area contributed by atoms with E-state index in [0.29, 0.717) is 61.8 Å². The fourth-order valence-corrected chi connectivity index (χ4v) is 10.1. The predicted octanol–water partition coefficient (Wildman–Crippen LogP) is 9.27. The van der Waals surface area contributed by atoms with Gasteiger partial charge in [-0.3, -0.25) is 4.79 Å². The number of hydrogen-bond acceptors (Lipinski definition) is 8. The van der Waals surface area contributed by atoms with Gasteiger partial charge in [-0.25, -0.2) is 4.39 Å². The fourth-order valence-electron chi connectivity index (χ4n) is 10.1. The molecule has 3 aliphatic carbocycles. The van der Waals surface area contributed by atoms with E-state index in [2.05, 4.69) is 19.6 Å². The van der Waals surface area contributed by atoms with Crippen molar-refractivity contribution in [1.82, 2.24) is 4.90 Å². The normalized spacial score (nSPS) is 25.9. The molecule has 10 heteroatoms. The van der Waals surface area contributed by atoms with Crippen molar-refractivity contribution in [2.75, 3.05) is 33.0 Å². The molecular weight excluding hydrogens is 724 g/mol. The molecule has 0 spiro atoms. The number of nitrogens with zero attached hydrogens (tertiary/aromatic N) is 2. The lowest BCUT2D eigenvalue weighted by molar-refractivity contribution is -0.257. The number of rotatable bonds is 22. The highest BCUT2D eigenvalue weighted by Gasteiger charge is 2.65. The SMILES string of the molecule is C=CCOC12Oc3ccc(OCc4ccccc4F)cc3C3C(CCCCO)C(CCCCO)C=C(C(=NOCC)CC1N(CCC)C(=O)CCC1CCCC1)C32. The Morgan fingerprint density at radius 2 is 1.82 bits per heavy atom. The Hall–Kier alpha value is -3.73. The molecule has 6 rings (SSSR count). The van der Waals surface area contributed by atoms with Gasteiger partial charge in [-0.15, -0.1) is 6.58 Å². The summed E-state index contributed by atoms with van der Waals surface area (Å²) < 4.78 is 35.4. The summed E-state index contributed by atoms with van der Waals surface area (Å²) in [5.74, 6) is 0.0745. The molecule has 57 heavy (non-hydrogen) atoms. The highest BCUT2D eigenvalue weighted by Crippen LogP contribution is 2.62. The van der Waals surface area contributed by atoms with Crippen LogP contribution in [0.2, 0.25) is 0 Å². The van der Waals surface area contributed by atoms with E-state index in [0.717, 1.165) is 55.4 Å². The molecule has 312 valence electrons. The van der Waals surface area contributed by atoms with Crippen LogP contribution in [0.5, 0.6) is 11.5 Å². The van der Waals surface area contributed by atoms with Gasteiger partial charge in [0.15, 0.2) is 0 Å². The van der Waals surface area contributed by atoms with Crippen LogP contribution in [0.15, 0.2) is 71.9 Å². The molecule has 0 radical (unpaired) electrons. The number of fused-ring (bicyclic) bond motifs is 2. The Morgan fingerprint density at radius 3 is 2.54 bits per heavy atom. The molecule has 2 fully saturated rings. The Labute approximate surface area is 339 Å². The number of aliphatic hydroxyl groups excluding tert-OH is 2. The van der Waals surface area contributed by atoms with Crippen molar-refractivity contribution in [1.29, 1.82) is 0 Å². The number of amides is 1. The van der Waals surface area contributed by atoms with Crippen molar-refractivity contribution in [3.8, 4) is 11.5 Å². The van der Waals surface area contributed by atoms with Crippen LogP contribution in [0.1, 0.15) is 121 Å². The van der Waals surface area contributed by atoms with E-state index in [-0.39, 0.29) is 61.8 Å². The van der Waals surface area contributed by atoms with Gasteiger partial charge < -0.3 is 34.2 Å². The minimum Gasteiger partial charge on any atom is -0.489 e. The maximum atomic E-state index is 14.7. The second-order valence-electron chi connectivity index (χ2n) is 16.3. The smallest absolute Gasteiger partial charge is 0.239 e. The Bertz CT molecular complexity index is 1690. The van der Waals surface area contributed by atoms with E-state index >= 15 is 0 Å². The van der Waals surface area contributed by atoms with Crippen molar-refractivity contribution >= 4 is 11.6 Å². The molecule has 0 bridgehead atoms. The first-order chi connectivity index (χ1) is 27.9. The van der Waals surface area contributed by atoms with E-state index in [1.807, 2.05) is 30.0 Å².